The fraction of sp³-hybridized carbons (Fsp3) is 0.585. The number of carboxylic acid groups (broad SMARTS) is 3. The summed E-state index contributed by atoms with van der Waals surface area (Å²) in [5.74, 6) is -13.5. The Morgan fingerprint density at radius 2 is 1.21 bits per heavy atom. The Labute approximate surface area is 381 Å². The number of hydrogen-bond acceptors (Lipinski definition) is 13. The van der Waals surface area contributed by atoms with Crippen molar-refractivity contribution in [2.45, 2.75) is 134 Å². The van der Waals surface area contributed by atoms with Gasteiger partial charge in [0.1, 0.15) is 36.8 Å². The summed E-state index contributed by atoms with van der Waals surface area (Å²) in [7, 11) is -4.23. The highest BCUT2D eigenvalue weighted by molar-refractivity contribution is 7.89. The first-order chi connectivity index (χ1) is 30.8. The van der Waals surface area contributed by atoms with Crippen LogP contribution in [0.1, 0.15) is 86.5 Å². The first-order valence-electron chi connectivity index (χ1n) is 21.1. The molecule has 1 saturated heterocycles. The van der Waals surface area contributed by atoms with Crippen LogP contribution in [0.3, 0.4) is 0 Å². The smallest absolute Gasteiger partial charge is 0.322 e. The number of ketones is 1. The molecule has 1 aromatic carbocycles. The predicted octanol–water partition coefficient (Wildman–Crippen LogP) is -2.01. The maximum Gasteiger partial charge on any atom is 0.322 e. The predicted molar refractivity (Wildman–Crippen MR) is 230 cm³/mol. The molecule has 7 amide bonds. The Balaban J connectivity index is 2.48. The highest BCUT2D eigenvalue weighted by Gasteiger charge is 2.45. The van der Waals surface area contributed by atoms with Gasteiger partial charge in [-0.1, -0.05) is 59.2 Å². The molecular formula is C41H60N8O16S. The van der Waals surface area contributed by atoms with Crippen molar-refractivity contribution in [3.8, 4) is 0 Å². The number of amides is 7. The van der Waals surface area contributed by atoms with Crippen LogP contribution in [0, 0.1) is 11.8 Å². The molecule has 1 aromatic rings. The summed E-state index contributed by atoms with van der Waals surface area (Å²) in [5.41, 5.74) is 0. The quantitative estimate of drug-likeness (QED) is 0.0426. The molecule has 1 fully saturated rings. The fourth-order valence-electron chi connectivity index (χ4n) is 6.84. The van der Waals surface area contributed by atoms with Crippen molar-refractivity contribution in [3.63, 3.8) is 0 Å². The second-order valence-corrected chi connectivity index (χ2v) is 18.0. The molecule has 0 radical (unpaired) electrons. The third-order valence-electron chi connectivity index (χ3n) is 10.2. The highest BCUT2D eigenvalue weighted by Crippen LogP contribution is 2.24. The second kappa shape index (κ2) is 25.8. The number of nitrogens with one attached hydrogen (secondary N) is 7. The fourth-order valence-corrected chi connectivity index (χ4v) is 8.10. The summed E-state index contributed by atoms with van der Waals surface area (Å²) >= 11 is 0. The van der Waals surface area contributed by atoms with Gasteiger partial charge in [-0.3, -0.25) is 52.7 Å². The van der Waals surface area contributed by atoms with Gasteiger partial charge in [0.05, 0.1) is 10.9 Å². The zero-order valence-electron chi connectivity index (χ0n) is 37.5. The maximum atomic E-state index is 14.6. The van der Waals surface area contributed by atoms with Crippen LogP contribution >= 0.6 is 0 Å². The van der Waals surface area contributed by atoms with Crippen LogP contribution in [0.25, 0.3) is 0 Å². The molecule has 0 saturated carbocycles. The topological polar surface area (TPSA) is 370 Å². The number of aliphatic carboxylic acids is 3. The summed E-state index contributed by atoms with van der Waals surface area (Å²) in [4.78, 5) is 141. The Morgan fingerprint density at radius 1 is 0.682 bits per heavy atom. The normalized spacial score (nSPS) is 17.0. The number of rotatable bonds is 27. The number of benzene rings is 1. The third kappa shape index (κ3) is 17.5. The van der Waals surface area contributed by atoms with Crippen LogP contribution in [-0.2, 0) is 62.8 Å². The molecule has 0 aromatic heterocycles. The van der Waals surface area contributed by atoms with Crippen molar-refractivity contribution in [2.24, 2.45) is 11.8 Å². The van der Waals surface area contributed by atoms with Crippen molar-refractivity contribution in [3.05, 3.63) is 30.3 Å². The molecular weight excluding hydrogens is 893 g/mol. The lowest BCUT2D eigenvalue weighted by atomic mass is 9.98. The number of carbonyl (C=O) groups excluding carboxylic acids is 8. The summed E-state index contributed by atoms with van der Waals surface area (Å²) in [6.45, 7) is 7.56. The van der Waals surface area contributed by atoms with Crippen molar-refractivity contribution in [1.29, 1.82) is 0 Å². The number of carbonyl (C=O) groups is 11. The van der Waals surface area contributed by atoms with Crippen LogP contribution in [0.2, 0.25) is 0 Å². The minimum Gasteiger partial charge on any atom is -0.481 e. The van der Waals surface area contributed by atoms with E-state index in [4.69, 9.17) is 10.2 Å². The van der Waals surface area contributed by atoms with Crippen molar-refractivity contribution < 1.29 is 76.5 Å². The highest BCUT2D eigenvalue weighted by atomic mass is 32.2. The molecule has 0 unspecified atom stereocenters. The van der Waals surface area contributed by atoms with E-state index < -0.39 is 162 Å². The zero-order valence-corrected chi connectivity index (χ0v) is 38.3. The lowest BCUT2D eigenvalue weighted by Gasteiger charge is -2.33. The van der Waals surface area contributed by atoms with Crippen LogP contribution in [-0.4, -0.2) is 149 Å². The molecule has 66 heavy (non-hydrogen) atoms. The number of hydrogen-bond donors (Lipinski definition) is 10. The maximum absolute atomic E-state index is 14.6. The number of sulfonamides is 1. The molecule has 366 valence electrons. The first kappa shape index (κ1) is 55.6. The molecule has 2 rings (SSSR count). The minimum atomic E-state index is -4.23. The summed E-state index contributed by atoms with van der Waals surface area (Å²) in [6.07, 6.45) is -2.21. The van der Waals surface area contributed by atoms with Gasteiger partial charge in [0.2, 0.25) is 51.2 Å². The SMILES string of the molecule is CCC[C@H](NC(=O)[C@@H]1C[C@@H](NS(=O)(=O)c2ccccc2)CN1C(=O)[C@@H](NC(=O)[C@@H](NC(=O)[C@H](CCC(=O)O)NC(=O)[C@H](CCC(=O)O)NC(C)=O)C(C)C)C(C)C)C(=O)C(=O)NCC(=O)O. The van der Waals surface area contributed by atoms with Crippen molar-refractivity contribution in [1.82, 2.24) is 41.5 Å². The van der Waals surface area contributed by atoms with E-state index in [9.17, 15) is 66.3 Å². The van der Waals surface area contributed by atoms with E-state index in [1.807, 2.05) is 5.32 Å². The van der Waals surface area contributed by atoms with E-state index in [1.54, 1.807) is 26.8 Å². The molecule has 7 atom stereocenters. The third-order valence-corrected chi connectivity index (χ3v) is 11.7. The van der Waals surface area contributed by atoms with Crippen molar-refractivity contribution in [2.75, 3.05) is 13.1 Å². The average Bonchev–Trinajstić information content (AvgIpc) is 3.65. The van der Waals surface area contributed by atoms with E-state index in [0.717, 1.165) is 11.8 Å². The Bertz CT molecular complexity index is 2080. The zero-order chi connectivity index (χ0) is 50.1. The lowest BCUT2D eigenvalue weighted by molar-refractivity contribution is -0.145. The Morgan fingerprint density at radius 3 is 1.71 bits per heavy atom. The van der Waals surface area contributed by atoms with Gasteiger partial charge >= 0.3 is 17.9 Å². The molecule has 24 nitrogen and oxygen atoms in total. The minimum absolute atomic E-state index is 0.0791. The molecule has 0 spiro atoms. The standard InChI is InChI=1S/C41H60N8O16S/c1-7-11-26(35(57)40(62)42-19-32(55)56)44-38(60)29-18-24(48-66(64,65)25-12-9-8-10-13-25)20-49(29)41(63)34(22(4)5)47-39(61)33(21(2)3)46-37(59)28(15-17-31(53)54)45-36(58)27(43-23(6)50)14-16-30(51)52/h8-10,12-13,21-22,24,26-29,33-34,48H,7,11,14-20H2,1-6H3,(H,42,62)(H,43,50)(H,44,60)(H,45,58)(H,46,59)(H,47,61)(H,51,52)(H,53,54)(H,55,56)/t24-,26+,27+,28+,29+,33+,34+/m1/s1. The van der Waals surface area contributed by atoms with Crippen LogP contribution in [0.4, 0.5) is 0 Å². The van der Waals surface area contributed by atoms with Gasteiger partial charge < -0.3 is 52.1 Å². The summed E-state index contributed by atoms with van der Waals surface area (Å²) in [5, 5.41) is 41.4. The number of Topliss-reactive ketones (excluding diaryl/α,β-unsaturated/α-hetero) is 1. The van der Waals surface area contributed by atoms with Gasteiger partial charge in [-0.2, -0.15) is 0 Å². The van der Waals surface area contributed by atoms with Gasteiger partial charge in [0.25, 0.3) is 5.91 Å². The van der Waals surface area contributed by atoms with Crippen LogP contribution < -0.4 is 36.6 Å². The molecule has 1 heterocycles. The Kier molecular flexibility index (Phi) is 21.8. The summed E-state index contributed by atoms with van der Waals surface area (Å²) in [6, 6.07) is -2.83. The molecule has 1 aliphatic heterocycles. The van der Waals surface area contributed by atoms with Crippen LogP contribution in [0.15, 0.2) is 35.2 Å². The van der Waals surface area contributed by atoms with E-state index in [0.29, 0.717) is 0 Å². The monoisotopic (exact) mass is 952 g/mol. The van der Waals surface area contributed by atoms with E-state index in [1.165, 1.54) is 38.1 Å². The molecule has 10 N–H and O–H groups in total. The van der Waals surface area contributed by atoms with Crippen molar-refractivity contribution >= 4 is 75.1 Å². The van der Waals surface area contributed by atoms with Crippen LogP contribution in [0.5, 0.6) is 0 Å². The second-order valence-electron chi connectivity index (χ2n) is 16.3. The van der Waals surface area contributed by atoms with Gasteiger partial charge in [-0.25, -0.2) is 13.1 Å². The molecule has 1 aliphatic rings. The number of likely N-dealkylation sites (tertiary alicyclic amines) is 1. The average molecular weight is 953 g/mol. The van der Waals surface area contributed by atoms with Gasteiger partial charge in [0, 0.05) is 32.4 Å². The number of carboxylic acids is 3. The summed E-state index contributed by atoms with van der Waals surface area (Å²) < 4.78 is 29.2. The van der Waals surface area contributed by atoms with Gasteiger partial charge in [-0.15, -0.1) is 0 Å². The molecule has 0 bridgehead atoms. The van der Waals surface area contributed by atoms with E-state index >= 15 is 0 Å². The molecule has 25 heteroatoms. The lowest BCUT2D eigenvalue weighted by Crippen LogP contribution is -2.61. The largest absolute Gasteiger partial charge is 0.481 e. The van der Waals surface area contributed by atoms with E-state index in [-0.39, 0.29) is 30.6 Å². The Hall–Kier alpha value is -6.50. The van der Waals surface area contributed by atoms with Gasteiger partial charge in [0.15, 0.2) is 0 Å². The van der Waals surface area contributed by atoms with E-state index in [2.05, 4.69) is 31.3 Å². The molecule has 0 aliphatic carbocycles. The number of nitrogens with zero attached hydrogens (tertiary/aromatic N) is 1. The van der Waals surface area contributed by atoms with Gasteiger partial charge in [-0.05, 0) is 49.7 Å². The first-order valence-corrected chi connectivity index (χ1v) is 22.6.